The third-order valence-electron chi connectivity index (χ3n) is 0.702. The van der Waals surface area contributed by atoms with Gasteiger partial charge in [-0.2, -0.15) is 0 Å². The molecule has 0 fully saturated rings. The molecule has 2 unspecified atom stereocenters. The van der Waals surface area contributed by atoms with E-state index in [0.29, 0.717) is 6.21 Å². The molecule has 54 valence electrons. The van der Waals surface area contributed by atoms with Gasteiger partial charge in [0.05, 0.1) is 6.21 Å². The zero-order chi connectivity index (χ0) is 7.28. The molecule has 0 amide bonds. The highest BCUT2D eigenvalue weighted by atomic mass is 19.2. The highest BCUT2D eigenvalue weighted by Crippen LogP contribution is 2.01. The number of hydrogen-bond acceptors (Lipinski definition) is 2. The predicted octanol–water partition coefficient (Wildman–Crippen LogP) is 1.09. The number of nitrogens with zero attached hydrogens (tertiary/aromatic N) is 1. The van der Waals surface area contributed by atoms with Crippen molar-refractivity contribution in [2.45, 2.75) is 12.3 Å². The molecular formula is C4H6F3NO. The Morgan fingerprint density at radius 1 is 1.56 bits per heavy atom. The molecule has 0 spiro atoms. The fourth-order valence-corrected chi connectivity index (χ4v) is 0.242. The minimum Gasteiger partial charge on any atom is -0.411 e. The molecule has 0 rings (SSSR count). The van der Waals surface area contributed by atoms with Crippen molar-refractivity contribution in [3.05, 3.63) is 0 Å². The van der Waals surface area contributed by atoms with Crippen LogP contribution >= 0.6 is 0 Å². The maximum atomic E-state index is 11.9. The van der Waals surface area contributed by atoms with E-state index in [-0.39, 0.29) is 0 Å². The van der Waals surface area contributed by atoms with Crippen LogP contribution < -0.4 is 0 Å². The lowest BCUT2D eigenvalue weighted by molar-refractivity contribution is 0.179. The van der Waals surface area contributed by atoms with Crippen molar-refractivity contribution in [3.8, 4) is 0 Å². The number of alkyl halides is 3. The Kier molecular flexibility index (Phi) is 3.83. The summed E-state index contributed by atoms with van der Waals surface area (Å²) < 4.78 is 34.8. The SMILES string of the molecule is ON=CC(F)C(F)CF. The monoisotopic (exact) mass is 141 g/mol. The van der Waals surface area contributed by atoms with Gasteiger partial charge in [-0.1, -0.05) is 5.16 Å². The van der Waals surface area contributed by atoms with Crippen molar-refractivity contribution >= 4 is 6.21 Å². The zero-order valence-electron chi connectivity index (χ0n) is 4.47. The van der Waals surface area contributed by atoms with Gasteiger partial charge in [0.25, 0.3) is 0 Å². The Hall–Kier alpha value is -0.740. The molecule has 0 aliphatic heterocycles. The lowest BCUT2D eigenvalue weighted by Crippen LogP contribution is -2.20. The Bertz CT molecular complexity index is 97.8. The van der Waals surface area contributed by atoms with E-state index in [1.54, 1.807) is 0 Å². The summed E-state index contributed by atoms with van der Waals surface area (Å²) in [7, 11) is 0. The second kappa shape index (κ2) is 4.17. The van der Waals surface area contributed by atoms with Gasteiger partial charge in [-0.3, -0.25) is 0 Å². The highest BCUT2D eigenvalue weighted by Gasteiger charge is 2.17. The molecule has 0 aromatic carbocycles. The molecule has 2 nitrogen and oxygen atoms in total. The van der Waals surface area contributed by atoms with E-state index in [2.05, 4.69) is 5.16 Å². The first kappa shape index (κ1) is 8.26. The third kappa shape index (κ3) is 2.94. The summed E-state index contributed by atoms with van der Waals surface area (Å²) in [5.74, 6) is 0. The quantitative estimate of drug-likeness (QED) is 0.356. The van der Waals surface area contributed by atoms with Gasteiger partial charge in [0.2, 0.25) is 0 Å². The van der Waals surface area contributed by atoms with Gasteiger partial charge in [-0.15, -0.1) is 0 Å². The number of hydrogen-bond donors (Lipinski definition) is 1. The van der Waals surface area contributed by atoms with Crippen molar-refractivity contribution in [3.63, 3.8) is 0 Å². The van der Waals surface area contributed by atoms with Crippen LogP contribution in [0.3, 0.4) is 0 Å². The first-order chi connectivity index (χ1) is 4.22. The smallest absolute Gasteiger partial charge is 0.172 e. The van der Waals surface area contributed by atoms with Gasteiger partial charge in [0.15, 0.2) is 12.3 Å². The number of rotatable bonds is 3. The summed E-state index contributed by atoms with van der Waals surface area (Å²) in [6.07, 6.45) is -4.08. The average molecular weight is 141 g/mol. The summed E-state index contributed by atoms with van der Waals surface area (Å²) >= 11 is 0. The molecule has 1 N–H and O–H groups in total. The molecule has 0 radical (unpaired) electrons. The summed E-state index contributed by atoms with van der Waals surface area (Å²) in [5.41, 5.74) is 0. The second-order valence-corrected chi connectivity index (χ2v) is 1.38. The molecule has 0 bridgehead atoms. The van der Waals surface area contributed by atoms with Gasteiger partial charge in [-0.05, 0) is 0 Å². The maximum Gasteiger partial charge on any atom is 0.172 e. The third-order valence-corrected chi connectivity index (χ3v) is 0.702. The minimum absolute atomic E-state index is 0.296. The van der Waals surface area contributed by atoms with E-state index < -0.39 is 19.0 Å². The van der Waals surface area contributed by atoms with Crippen molar-refractivity contribution in [1.82, 2.24) is 0 Å². The van der Waals surface area contributed by atoms with Gasteiger partial charge >= 0.3 is 0 Å². The lowest BCUT2D eigenvalue weighted by Gasteiger charge is -2.01. The van der Waals surface area contributed by atoms with Crippen molar-refractivity contribution < 1.29 is 18.4 Å². The molecule has 0 aromatic rings. The average Bonchev–Trinajstić information content (AvgIpc) is 1.87. The maximum absolute atomic E-state index is 11.9. The summed E-state index contributed by atoms with van der Waals surface area (Å²) in [4.78, 5) is 0. The Labute approximate surface area is 50.0 Å². The molecule has 9 heavy (non-hydrogen) atoms. The zero-order valence-corrected chi connectivity index (χ0v) is 4.47. The molecule has 0 aromatic heterocycles. The number of halogens is 3. The molecule has 0 heterocycles. The van der Waals surface area contributed by atoms with E-state index in [9.17, 15) is 13.2 Å². The Balaban J connectivity index is 3.58. The fourth-order valence-electron chi connectivity index (χ4n) is 0.242. The standard InChI is InChI=1S/C4H6F3NO/c5-1-3(6)4(7)2-8-9/h2-4,9H,1H2. The van der Waals surface area contributed by atoms with E-state index in [4.69, 9.17) is 5.21 Å². The Morgan fingerprint density at radius 3 is 2.44 bits per heavy atom. The number of oxime groups is 1. The molecule has 0 saturated carbocycles. The summed E-state index contributed by atoms with van der Waals surface area (Å²) in [6, 6.07) is 0. The molecule has 5 heteroatoms. The van der Waals surface area contributed by atoms with Gasteiger partial charge in [-0.25, -0.2) is 13.2 Å². The van der Waals surface area contributed by atoms with Crippen LogP contribution in [0.25, 0.3) is 0 Å². The van der Waals surface area contributed by atoms with Gasteiger partial charge in [0, 0.05) is 0 Å². The van der Waals surface area contributed by atoms with Gasteiger partial charge in [0.1, 0.15) is 6.67 Å². The summed E-state index contributed by atoms with van der Waals surface area (Å²) in [5, 5.41) is 9.82. The van der Waals surface area contributed by atoms with Crippen LogP contribution in [0.2, 0.25) is 0 Å². The normalized spacial score (nSPS) is 18.1. The molecule has 0 aliphatic rings. The van der Waals surface area contributed by atoms with E-state index in [0.717, 1.165) is 0 Å². The van der Waals surface area contributed by atoms with Crippen molar-refractivity contribution in [1.29, 1.82) is 0 Å². The molecule has 0 saturated heterocycles. The molecular weight excluding hydrogens is 135 g/mol. The molecule has 0 aliphatic carbocycles. The minimum atomic E-state index is -2.22. The lowest BCUT2D eigenvalue weighted by atomic mass is 10.3. The summed E-state index contributed by atoms with van der Waals surface area (Å²) in [6.45, 7) is -1.41. The van der Waals surface area contributed by atoms with E-state index in [1.165, 1.54) is 0 Å². The van der Waals surface area contributed by atoms with Crippen molar-refractivity contribution in [2.75, 3.05) is 6.67 Å². The highest BCUT2D eigenvalue weighted by molar-refractivity contribution is 5.62. The van der Waals surface area contributed by atoms with Crippen LogP contribution in [0.5, 0.6) is 0 Å². The van der Waals surface area contributed by atoms with E-state index in [1.807, 2.05) is 0 Å². The van der Waals surface area contributed by atoms with Crippen LogP contribution in [0.1, 0.15) is 0 Å². The van der Waals surface area contributed by atoms with Crippen LogP contribution in [0.4, 0.5) is 13.2 Å². The van der Waals surface area contributed by atoms with Crippen LogP contribution in [0, 0.1) is 0 Å². The van der Waals surface area contributed by atoms with Crippen LogP contribution in [-0.2, 0) is 0 Å². The first-order valence-corrected chi connectivity index (χ1v) is 2.24. The fraction of sp³-hybridized carbons (Fsp3) is 0.750. The van der Waals surface area contributed by atoms with Gasteiger partial charge < -0.3 is 5.21 Å². The van der Waals surface area contributed by atoms with Crippen LogP contribution in [0.15, 0.2) is 5.16 Å². The van der Waals surface area contributed by atoms with E-state index >= 15 is 0 Å². The first-order valence-electron chi connectivity index (χ1n) is 2.24. The predicted molar refractivity (Wildman–Crippen MR) is 26.0 cm³/mol. The Morgan fingerprint density at radius 2 is 2.11 bits per heavy atom. The molecule has 2 atom stereocenters. The topological polar surface area (TPSA) is 32.6 Å². The van der Waals surface area contributed by atoms with Crippen LogP contribution in [-0.4, -0.2) is 30.4 Å². The van der Waals surface area contributed by atoms with Crippen molar-refractivity contribution in [2.24, 2.45) is 5.16 Å². The largest absolute Gasteiger partial charge is 0.411 e. The second-order valence-electron chi connectivity index (χ2n) is 1.38.